The molecule has 7 heteroatoms. The maximum Gasteiger partial charge on any atom is 0.573 e. The van der Waals surface area contributed by atoms with Gasteiger partial charge in [-0.05, 0) is 36.6 Å². The lowest BCUT2D eigenvalue weighted by molar-refractivity contribution is -0.274. The van der Waals surface area contributed by atoms with Crippen molar-refractivity contribution in [1.29, 1.82) is 0 Å². The number of benzene rings is 2. The fourth-order valence-corrected chi connectivity index (χ4v) is 3.47. The Balaban J connectivity index is 1.48. The Morgan fingerprint density at radius 2 is 1.86 bits per heavy atom. The molecule has 0 bridgehead atoms. The van der Waals surface area contributed by atoms with Crippen molar-refractivity contribution in [2.75, 3.05) is 13.1 Å². The standard InChI is InChI=1S/C21H23F3N2O2/c1-15(17-5-3-2-4-6-17)26-12-11-18(14-26)25-20(27)13-16-7-9-19(10-8-16)28-21(22,23)24/h2-10,15,18H,11-14H2,1H3,(H,25,27). The topological polar surface area (TPSA) is 41.6 Å². The Hall–Kier alpha value is -2.54. The predicted molar refractivity (Wildman–Crippen MR) is 99.8 cm³/mol. The molecule has 28 heavy (non-hydrogen) atoms. The number of carbonyl (C=O) groups is 1. The van der Waals surface area contributed by atoms with E-state index < -0.39 is 6.36 Å². The predicted octanol–water partition coefficient (Wildman–Crippen LogP) is 4.08. The largest absolute Gasteiger partial charge is 0.573 e. The van der Waals surface area contributed by atoms with Crippen LogP contribution in [-0.4, -0.2) is 36.3 Å². The first kappa shape index (κ1) is 20.2. The summed E-state index contributed by atoms with van der Waals surface area (Å²) in [6.45, 7) is 3.84. The summed E-state index contributed by atoms with van der Waals surface area (Å²) < 4.78 is 40.4. The van der Waals surface area contributed by atoms with E-state index in [-0.39, 0.29) is 30.2 Å². The quantitative estimate of drug-likeness (QED) is 0.806. The highest BCUT2D eigenvalue weighted by Gasteiger charge is 2.31. The number of hydrogen-bond donors (Lipinski definition) is 1. The lowest BCUT2D eigenvalue weighted by Crippen LogP contribution is -2.38. The molecule has 1 amide bonds. The molecule has 1 saturated heterocycles. The van der Waals surface area contributed by atoms with Crippen molar-refractivity contribution in [3.8, 4) is 5.75 Å². The highest BCUT2D eigenvalue weighted by Crippen LogP contribution is 2.25. The van der Waals surface area contributed by atoms with E-state index in [0.717, 1.165) is 19.5 Å². The fourth-order valence-electron chi connectivity index (χ4n) is 3.47. The molecule has 2 aromatic rings. The summed E-state index contributed by atoms with van der Waals surface area (Å²) in [7, 11) is 0. The van der Waals surface area contributed by atoms with Crippen LogP contribution < -0.4 is 10.1 Å². The summed E-state index contributed by atoms with van der Waals surface area (Å²) in [5.41, 5.74) is 1.88. The molecule has 1 aliphatic rings. The van der Waals surface area contributed by atoms with Gasteiger partial charge in [-0.15, -0.1) is 13.2 Å². The van der Waals surface area contributed by atoms with Gasteiger partial charge in [-0.1, -0.05) is 42.5 Å². The van der Waals surface area contributed by atoms with E-state index in [2.05, 4.69) is 34.0 Å². The van der Waals surface area contributed by atoms with E-state index in [4.69, 9.17) is 0 Å². The first-order chi connectivity index (χ1) is 13.3. The number of carbonyl (C=O) groups excluding carboxylic acids is 1. The SMILES string of the molecule is CC(c1ccccc1)N1CCC(NC(=O)Cc2ccc(OC(F)(F)F)cc2)C1. The van der Waals surface area contributed by atoms with Gasteiger partial charge in [0.25, 0.3) is 0 Å². The summed E-state index contributed by atoms with van der Waals surface area (Å²) in [5, 5.41) is 3.02. The van der Waals surface area contributed by atoms with Gasteiger partial charge in [0.15, 0.2) is 0 Å². The lowest BCUT2D eigenvalue weighted by Gasteiger charge is -2.24. The van der Waals surface area contributed by atoms with Crippen molar-refractivity contribution < 1.29 is 22.7 Å². The van der Waals surface area contributed by atoms with E-state index in [9.17, 15) is 18.0 Å². The van der Waals surface area contributed by atoms with Crippen LogP contribution in [-0.2, 0) is 11.2 Å². The van der Waals surface area contributed by atoms with Crippen molar-refractivity contribution in [3.63, 3.8) is 0 Å². The summed E-state index contributed by atoms with van der Waals surface area (Å²) in [6, 6.07) is 16.0. The Morgan fingerprint density at radius 3 is 2.50 bits per heavy atom. The lowest BCUT2D eigenvalue weighted by atomic mass is 10.1. The molecular weight excluding hydrogens is 369 g/mol. The number of hydrogen-bond acceptors (Lipinski definition) is 3. The molecule has 2 unspecified atom stereocenters. The molecule has 1 aliphatic heterocycles. The average Bonchev–Trinajstić information content (AvgIpc) is 3.10. The maximum absolute atomic E-state index is 12.3. The first-order valence-corrected chi connectivity index (χ1v) is 9.23. The molecule has 0 aromatic heterocycles. The highest BCUT2D eigenvalue weighted by molar-refractivity contribution is 5.79. The van der Waals surface area contributed by atoms with Crippen molar-refractivity contribution in [1.82, 2.24) is 10.2 Å². The first-order valence-electron chi connectivity index (χ1n) is 9.23. The van der Waals surface area contributed by atoms with Crippen LogP contribution in [0.4, 0.5) is 13.2 Å². The second kappa shape index (κ2) is 8.65. The van der Waals surface area contributed by atoms with E-state index in [0.29, 0.717) is 5.56 Å². The molecule has 1 N–H and O–H groups in total. The van der Waals surface area contributed by atoms with E-state index in [1.165, 1.54) is 29.8 Å². The fraction of sp³-hybridized carbons (Fsp3) is 0.381. The molecule has 150 valence electrons. The van der Waals surface area contributed by atoms with E-state index in [1.807, 2.05) is 18.2 Å². The van der Waals surface area contributed by atoms with Crippen molar-refractivity contribution >= 4 is 5.91 Å². The van der Waals surface area contributed by atoms with Gasteiger partial charge in [-0.2, -0.15) is 0 Å². The number of halogens is 3. The summed E-state index contributed by atoms with van der Waals surface area (Å²) in [5.74, 6) is -0.429. The van der Waals surface area contributed by atoms with Gasteiger partial charge in [-0.25, -0.2) is 0 Å². The van der Waals surface area contributed by atoms with Crippen LogP contribution in [0.15, 0.2) is 54.6 Å². The molecule has 0 radical (unpaired) electrons. The molecule has 2 aromatic carbocycles. The number of ether oxygens (including phenoxy) is 1. The number of nitrogens with one attached hydrogen (secondary N) is 1. The van der Waals surface area contributed by atoms with Gasteiger partial charge in [0, 0.05) is 25.2 Å². The molecule has 0 aliphatic carbocycles. The van der Waals surface area contributed by atoms with Gasteiger partial charge in [0.1, 0.15) is 5.75 Å². The Kier molecular flexibility index (Phi) is 6.24. The van der Waals surface area contributed by atoms with Crippen LogP contribution in [0, 0.1) is 0 Å². The average molecular weight is 392 g/mol. The van der Waals surface area contributed by atoms with Crippen LogP contribution in [0.25, 0.3) is 0 Å². The Morgan fingerprint density at radius 1 is 1.18 bits per heavy atom. The number of alkyl halides is 3. The van der Waals surface area contributed by atoms with Gasteiger partial charge in [0.05, 0.1) is 6.42 Å². The molecule has 0 saturated carbocycles. The van der Waals surface area contributed by atoms with Gasteiger partial charge in [-0.3, -0.25) is 9.69 Å². The summed E-state index contributed by atoms with van der Waals surface area (Å²) in [4.78, 5) is 14.6. The van der Waals surface area contributed by atoms with Crippen LogP contribution in [0.1, 0.15) is 30.5 Å². The third kappa shape index (κ3) is 5.73. The zero-order valence-electron chi connectivity index (χ0n) is 15.6. The third-order valence-electron chi connectivity index (χ3n) is 4.94. The van der Waals surface area contributed by atoms with Crippen molar-refractivity contribution in [2.45, 2.75) is 38.2 Å². The second-order valence-electron chi connectivity index (χ2n) is 7.00. The van der Waals surface area contributed by atoms with Crippen LogP contribution in [0.3, 0.4) is 0 Å². The molecular formula is C21H23F3N2O2. The van der Waals surface area contributed by atoms with Gasteiger partial charge in [0.2, 0.25) is 5.91 Å². The van der Waals surface area contributed by atoms with Gasteiger partial charge < -0.3 is 10.1 Å². The minimum atomic E-state index is -4.72. The molecule has 1 heterocycles. The highest BCUT2D eigenvalue weighted by atomic mass is 19.4. The van der Waals surface area contributed by atoms with Crippen LogP contribution >= 0.6 is 0 Å². The molecule has 2 atom stereocenters. The number of amides is 1. The Labute approximate surface area is 162 Å². The van der Waals surface area contributed by atoms with Crippen LogP contribution in [0.5, 0.6) is 5.75 Å². The summed E-state index contributed by atoms with van der Waals surface area (Å²) >= 11 is 0. The second-order valence-corrected chi connectivity index (χ2v) is 7.00. The number of likely N-dealkylation sites (tertiary alicyclic amines) is 1. The minimum Gasteiger partial charge on any atom is -0.406 e. The maximum atomic E-state index is 12.3. The minimum absolute atomic E-state index is 0.0755. The molecule has 4 nitrogen and oxygen atoms in total. The summed E-state index contributed by atoms with van der Waals surface area (Å²) in [6.07, 6.45) is -3.72. The zero-order chi connectivity index (χ0) is 20.1. The molecule has 1 fully saturated rings. The molecule has 0 spiro atoms. The number of rotatable bonds is 6. The van der Waals surface area contributed by atoms with Crippen molar-refractivity contribution in [2.24, 2.45) is 0 Å². The van der Waals surface area contributed by atoms with E-state index in [1.54, 1.807) is 0 Å². The third-order valence-corrected chi connectivity index (χ3v) is 4.94. The van der Waals surface area contributed by atoms with Crippen molar-refractivity contribution in [3.05, 3.63) is 65.7 Å². The Bertz CT molecular complexity index is 778. The normalized spacial score (nSPS) is 18.6. The monoisotopic (exact) mass is 392 g/mol. The smallest absolute Gasteiger partial charge is 0.406 e. The van der Waals surface area contributed by atoms with Crippen LogP contribution in [0.2, 0.25) is 0 Å². The number of nitrogens with zero attached hydrogens (tertiary/aromatic N) is 1. The van der Waals surface area contributed by atoms with Gasteiger partial charge >= 0.3 is 6.36 Å². The zero-order valence-corrected chi connectivity index (χ0v) is 15.6. The molecule has 3 rings (SSSR count). The van der Waals surface area contributed by atoms with E-state index >= 15 is 0 Å².